The number of fused-ring (bicyclic) bond motifs is 7. The van der Waals surface area contributed by atoms with Gasteiger partial charge in [0.15, 0.2) is 6.20 Å². The first-order valence-corrected chi connectivity index (χ1v) is 13.9. The van der Waals surface area contributed by atoms with Crippen LogP contribution in [0.5, 0.6) is 0 Å². The lowest BCUT2D eigenvalue weighted by Gasteiger charge is -2.21. The van der Waals surface area contributed by atoms with E-state index in [0.29, 0.717) is 0 Å². The molecule has 0 bridgehead atoms. The number of hydrogen-bond acceptors (Lipinski definition) is 0. The average molecular weight is 498 g/mol. The Labute approximate surface area is 224 Å². The van der Waals surface area contributed by atoms with Crippen molar-refractivity contribution in [2.24, 2.45) is 12.5 Å². The molecule has 2 nitrogen and oxygen atoms in total. The molecule has 7 aromatic rings. The number of aromatic nitrogens is 2. The van der Waals surface area contributed by atoms with Crippen LogP contribution in [0.3, 0.4) is 0 Å². The summed E-state index contributed by atoms with van der Waals surface area (Å²) in [6.45, 7) is 16.3. The summed E-state index contributed by atoms with van der Waals surface area (Å²) in [5.41, 5.74) is 9.76. The first-order chi connectivity index (χ1) is 17.9. The van der Waals surface area contributed by atoms with Crippen molar-refractivity contribution in [3.63, 3.8) is 0 Å². The van der Waals surface area contributed by atoms with E-state index in [0.717, 1.165) is 6.42 Å². The molecule has 2 heteroatoms. The molecule has 0 radical (unpaired) electrons. The van der Waals surface area contributed by atoms with Crippen molar-refractivity contribution < 1.29 is 4.57 Å². The van der Waals surface area contributed by atoms with E-state index in [1.807, 2.05) is 0 Å². The van der Waals surface area contributed by atoms with E-state index in [2.05, 4.69) is 131 Å². The molecule has 190 valence electrons. The first kappa shape index (κ1) is 23.5. The van der Waals surface area contributed by atoms with Gasteiger partial charge in [-0.05, 0) is 69.2 Å². The van der Waals surface area contributed by atoms with E-state index in [-0.39, 0.29) is 10.8 Å². The Morgan fingerprint density at radius 1 is 0.737 bits per heavy atom. The quantitative estimate of drug-likeness (QED) is 0.121. The molecule has 0 N–H and O–H groups in total. The molecule has 0 amide bonds. The molecule has 0 aliphatic rings. The van der Waals surface area contributed by atoms with E-state index in [4.69, 9.17) is 0 Å². The van der Waals surface area contributed by atoms with Gasteiger partial charge in [-0.3, -0.25) is 0 Å². The highest BCUT2D eigenvalue weighted by Gasteiger charge is 2.27. The minimum Gasteiger partial charge on any atom is -0.307 e. The van der Waals surface area contributed by atoms with Gasteiger partial charge in [0.25, 0.3) is 0 Å². The van der Waals surface area contributed by atoms with Crippen LogP contribution < -0.4 is 4.57 Å². The van der Waals surface area contributed by atoms with Crippen LogP contribution in [-0.2, 0) is 18.9 Å². The van der Waals surface area contributed by atoms with Crippen molar-refractivity contribution in [3.05, 3.63) is 83.6 Å². The lowest BCUT2D eigenvalue weighted by molar-refractivity contribution is -0.643. The number of aryl methyl sites for hydroxylation is 2. The number of pyridine rings is 2. The summed E-state index contributed by atoms with van der Waals surface area (Å²) in [6, 6.07) is 23.4. The van der Waals surface area contributed by atoms with E-state index >= 15 is 0 Å². The van der Waals surface area contributed by atoms with Crippen molar-refractivity contribution in [1.29, 1.82) is 0 Å². The van der Waals surface area contributed by atoms with Crippen LogP contribution in [0.2, 0.25) is 0 Å². The molecule has 4 aromatic carbocycles. The Bertz CT molecular complexity index is 2070. The topological polar surface area (TPSA) is 8.29 Å². The SMILES string of the molecule is Cc1c2ccccc2c2c3ccc(C(C)(C)C)cc3n3c4cc(CC(C)(C)C)cc5cc[n+](C)c(c1c23)c54. The summed E-state index contributed by atoms with van der Waals surface area (Å²) in [5.74, 6) is 0. The maximum Gasteiger partial charge on any atom is 0.224 e. The van der Waals surface area contributed by atoms with Gasteiger partial charge in [0.1, 0.15) is 7.05 Å². The summed E-state index contributed by atoms with van der Waals surface area (Å²) in [5, 5.41) is 9.47. The van der Waals surface area contributed by atoms with E-state index in [9.17, 15) is 0 Å². The standard InChI is InChI=1S/C36H37N2/c1-21-25-11-9-10-12-26(25)32-27-14-13-24(36(5,6)7)19-28(27)38-29-18-22(20-35(2,3)4)17-23-15-16-37(8)33(31(23)29)30(21)34(32)38/h9-19H,20H2,1-8H3/q+1. The van der Waals surface area contributed by atoms with Crippen LogP contribution in [0.15, 0.2) is 66.9 Å². The predicted molar refractivity (Wildman–Crippen MR) is 164 cm³/mol. The molecule has 38 heavy (non-hydrogen) atoms. The minimum absolute atomic E-state index is 0.0775. The van der Waals surface area contributed by atoms with Crippen molar-refractivity contribution in [2.75, 3.05) is 0 Å². The Balaban J connectivity index is 1.86. The summed E-state index contributed by atoms with van der Waals surface area (Å²) in [4.78, 5) is 0. The lowest BCUT2D eigenvalue weighted by Crippen LogP contribution is -2.29. The first-order valence-electron chi connectivity index (χ1n) is 13.9. The van der Waals surface area contributed by atoms with Gasteiger partial charge < -0.3 is 4.40 Å². The highest BCUT2D eigenvalue weighted by atomic mass is 15.0. The van der Waals surface area contributed by atoms with Crippen LogP contribution in [0.1, 0.15) is 58.2 Å². The van der Waals surface area contributed by atoms with Crippen LogP contribution in [0.25, 0.3) is 59.8 Å². The fraction of sp³-hybridized carbons (Fsp3) is 0.306. The largest absolute Gasteiger partial charge is 0.307 e. The zero-order valence-electron chi connectivity index (χ0n) is 24.0. The van der Waals surface area contributed by atoms with Crippen LogP contribution in [0, 0.1) is 12.3 Å². The summed E-state index contributed by atoms with van der Waals surface area (Å²) >= 11 is 0. The predicted octanol–water partition coefficient (Wildman–Crippen LogP) is 9.16. The molecular formula is C36H37N2+. The van der Waals surface area contributed by atoms with Crippen molar-refractivity contribution in [3.8, 4) is 0 Å². The Hall–Kier alpha value is -3.65. The van der Waals surface area contributed by atoms with Gasteiger partial charge in [0.05, 0.1) is 27.3 Å². The van der Waals surface area contributed by atoms with Gasteiger partial charge in [0, 0.05) is 16.8 Å². The van der Waals surface area contributed by atoms with Gasteiger partial charge in [-0.25, -0.2) is 4.57 Å². The zero-order valence-corrected chi connectivity index (χ0v) is 24.0. The molecule has 0 spiro atoms. The molecule has 3 heterocycles. The number of benzene rings is 4. The van der Waals surface area contributed by atoms with E-state index in [1.54, 1.807) is 0 Å². The van der Waals surface area contributed by atoms with Crippen molar-refractivity contribution in [2.45, 2.75) is 60.3 Å². The minimum atomic E-state index is 0.0775. The smallest absolute Gasteiger partial charge is 0.224 e. The van der Waals surface area contributed by atoms with E-state index in [1.165, 1.54) is 76.5 Å². The highest BCUT2D eigenvalue weighted by molar-refractivity contribution is 6.33. The van der Waals surface area contributed by atoms with E-state index < -0.39 is 0 Å². The van der Waals surface area contributed by atoms with Crippen LogP contribution in [0.4, 0.5) is 0 Å². The maximum atomic E-state index is 2.61. The molecule has 0 aliphatic carbocycles. The molecule has 3 aromatic heterocycles. The molecule has 0 saturated carbocycles. The number of nitrogens with zero attached hydrogens (tertiary/aromatic N) is 2. The summed E-state index contributed by atoms with van der Waals surface area (Å²) in [6.07, 6.45) is 3.30. The Morgan fingerprint density at radius 2 is 1.47 bits per heavy atom. The third kappa shape index (κ3) is 3.16. The number of hydrogen-bond donors (Lipinski definition) is 0. The van der Waals surface area contributed by atoms with Gasteiger partial charge >= 0.3 is 0 Å². The van der Waals surface area contributed by atoms with Crippen molar-refractivity contribution >= 4 is 59.8 Å². The molecule has 0 unspecified atom stereocenters. The van der Waals surface area contributed by atoms with Crippen LogP contribution >= 0.6 is 0 Å². The van der Waals surface area contributed by atoms with Gasteiger partial charge in [0.2, 0.25) is 5.52 Å². The average Bonchev–Trinajstić information content (AvgIpc) is 3.18. The fourth-order valence-electron chi connectivity index (χ4n) is 6.88. The lowest BCUT2D eigenvalue weighted by atomic mass is 9.86. The normalized spacial score (nSPS) is 13.4. The molecule has 0 saturated heterocycles. The molecule has 0 atom stereocenters. The molecule has 7 rings (SSSR count). The molecule has 0 fully saturated rings. The summed E-state index contributed by atoms with van der Waals surface area (Å²) < 4.78 is 4.95. The second kappa shape index (κ2) is 7.47. The zero-order chi connectivity index (χ0) is 26.7. The Kier molecular flexibility index (Phi) is 4.61. The Morgan fingerprint density at radius 3 is 2.18 bits per heavy atom. The third-order valence-corrected chi connectivity index (χ3v) is 8.53. The summed E-state index contributed by atoms with van der Waals surface area (Å²) in [7, 11) is 2.21. The van der Waals surface area contributed by atoms with Gasteiger partial charge in [-0.2, -0.15) is 0 Å². The second-order valence-electron chi connectivity index (χ2n) is 13.7. The molecular weight excluding hydrogens is 460 g/mol. The van der Waals surface area contributed by atoms with Gasteiger partial charge in [-0.1, -0.05) is 84.0 Å². The monoisotopic (exact) mass is 497 g/mol. The van der Waals surface area contributed by atoms with Gasteiger partial charge in [-0.15, -0.1) is 0 Å². The van der Waals surface area contributed by atoms with Crippen LogP contribution in [-0.4, -0.2) is 4.40 Å². The van der Waals surface area contributed by atoms with Crippen molar-refractivity contribution in [1.82, 2.24) is 4.40 Å². The maximum absolute atomic E-state index is 2.61. The second-order valence-corrected chi connectivity index (χ2v) is 13.7. The number of rotatable bonds is 1. The third-order valence-electron chi connectivity index (χ3n) is 8.53. The highest BCUT2D eigenvalue weighted by Crippen LogP contribution is 2.45. The molecule has 0 aliphatic heterocycles. The fourth-order valence-corrected chi connectivity index (χ4v) is 6.88.